The highest BCUT2D eigenvalue weighted by Gasteiger charge is 2.36. The lowest BCUT2D eigenvalue weighted by Gasteiger charge is -2.15. The first-order valence-corrected chi connectivity index (χ1v) is 6.67. The van der Waals surface area contributed by atoms with E-state index in [0.717, 1.165) is 31.0 Å². The molecule has 2 fully saturated rings. The van der Waals surface area contributed by atoms with E-state index in [-0.39, 0.29) is 5.91 Å². The van der Waals surface area contributed by atoms with Gasteiger partial charge >= 0.3 is 0 Å². The van der Waals surface area contributed by atoms with Gasteiger partial charge in [-0.05, 0) is 31.1 Å². The van der Waals surface area contributed by atoms with Crippen LogP contribution < -0.4 is 5.73 Å². The zero-order valence-electron chi connectivity index (χ0n) is 10.9. The SMILES string of the molecule is CC1CC1CN(C)C(=O)c1n[nH]c(C2CC2)c1N. The Morgan fingerprint density at radius 1 is 1.56 bits per heavy atom. The van der Waals surface area contributed by atoms with Gasteiger partial charge in [0.25, 0.3) is 5.91 Å². The number of hydrogen-bond acceptors (Lipinski definition) is 3. The monoisotopic (exact) mass is 248 g/mol. The van der Waals surface area contributed by atoms with E-state index >= 15 is 0 Å². The van der Waals surface area contributed by atoms with Gasteiger partial charge in [-0.1, -0.05) is 6.92 Å². The van der Waals surface area contributed by atoms with Gasteiger partial charge in [-0.2, -0.15) is 5.10 Å². The van der Waals surface area contributed by atoms with Gasteiger partial charge in [0.1, 0.15) is 0 Å². The second kappa shape index (κ2) is 4.00. The van der Waals surface area contributed by atoms with Crippen molar-refractivity contribution in [1.29, 1.82) is 0 Å². The third-order valence-electron chi connectivity index (χ3n) is 4.15. The Kier molecular flexibility index (Phi) is 2.57. The Morgan fingerprint density at radius 3 is 2.78 bits per heavy atom. The molecule has 98 valence electrons. The molecule has 2 atom stereocenters. The van der Waals surface area contributed by atoms with Crippen molar-refractivity contribution >= 4 is 11.6 Å². The van der Waals surface area contributed by atoms with E-state index in [1.54, 1.807) is 4.90 Å². The third-order valence-corrected chi connectivity index (χ3v) is 4.15. The highest BCUT2D eigenvalue weighted by molar-refractivity contribution is 5.97. The average molecular weight is 248 g/mol. The summed E-state index contributed by atoms with van der Waals surface area (Å²) in [5.74, 6) is 1.84. The van der Waals surface area contributed by atoms with Crippen LogP contribution in [0.1, 0.15) is 48.3 Å². The van der Waals surface area contributed by atoms with Crippen molar-refractivity contribution in [1.82, 2.24) is 15.1 Å². The van der Waals surface area contributed by atoms with Crippen molar-refractivity contribution in [3.8, 4) is 0 Å². The summed E-state index contributed by atoms with van der Waals surface area (Å²) in [5.41, 5.74) is 7.92. The van der Waals surface area contributed by atoms with Gasteiger partial charge in [0.05, 0.1) is 11.4 Å². The summed E-state index contributed by atoms with van der Waals surface area (Å²) < 4.78 is 0. The van der Waals surface area contributed by atoms with Crippen LogP contribution in [0.15, 0.2) is 0 Å². The smallest absolute Gasteiger partial charge is 0.276 e. The van der Waals surface area contributed by atoms with Crippen LogP contribution in [0.3, 0.4) is 0 Å². The van der Waals surface area contributed by atoms with Crippen LogP contribution in [-0.4, -0.2) is 34.6 Å². The Bertz CT molecular complexity index is 477. The van der Waals surface area contributed by atoms with Crippen LogP contribution in [0.5, 0.6) is 0 Å². The molecule has 0 aromatic carbocycles. The summed E-state index contributed by atoms with van der Waals surface area (Å²) in [6, 6.07) is 0. The summed E-state index contributed by atoms with van der Waals surface area (Å²) in [4.78, 5) is 14.0. The highest BCUT2D eigenvalue weighted by atomic mass is 16.2. The molecule has 0 bridgehead atoms. The number of anilines is 1. The van der Waals surface area contributed by atoms with E-state index in [9.17, 15) is 4.79 Å². The fourth-order valence-corrected chi connectivity index (χ4v) is 2.48. The van der Waals surface area contributed by atoms with Gasteiger partial charge in [-0.3, -0.25) is 9.89 Å². The fourth-order valence-electron chi connectivity index (χ4n) is 2.48. The van der Waals surface area contributed by atoms with Crippen molar-refractivity contribution in [3.63, 3.8) is 0 Å². The first-order chi connectivity index (χ1) is 8.58. The van der Waals surface area contributed by atoms with Crippen LogP contribution in [0.4, 0.5) is 5.69 Å². The maximum atomic E-state index is 12.3. The van der Waals surface area contributed by atoms with Crippen LogP contribution in [0.25, 0.3) is 0 Å². The van der Waals surface area contributed by atoms with E-state index in [0.29, 0.717) is 23.2 Å². The quantitative estimate of drug-likeness (QED) is 0.849. The van der Waals surface area contributed by atoms with Gasteiger partial charge in [0.15, 0.2) is 5.69 Å². The Morgan fingerprint density at radius 2 is 2.22 bits per heavy atom. The molecule has 3 N–H and O–H groups in total. The molecule has 1 heterocycles. The van der Waals surface area contributed by atoms with E-state index in [2.05, 4.69) is 17.1 Å². The third kappa shape index (κ3) is 1.98. The van der Waals surface area contributed by atoms with Crippen LogP contribution in [-0.2, 0) is 0 Å². The van der Waals surface area contributed by atoms with Crippen LogP contribution in [0, 0.1) is 11.8 Å². The number of rotatable bonds is 4. The number of nitrogens with two attached hydrogens (primary N) is 1. The second-order valence-electron chi connectivity index (χ2n) is 5.83. The molecule has 3 rings (SSSR count). The molecule has 2 unspecified atom stereocenters. The molecule has 1 aromatic heterocycles. The second-order valence-corrected chi connectivity index (χ2v) is 5.83. The minimum Gasteiger partial charge on any atom is -0.395 e. The summed E-state index contributed by atoms with van der Waals surface area (Å²) in [6.07, 6.45) is 3.52. The number of nitrogens with zero attached hydrogens (tertiary/aromatic N) is 2. The molecule has 0 saturated heterocycles. The number of nitrogen functional groups attached to an aromatic ring is 1. The average Bonchev–Trinajstić information content (AvgIpc) is 3.24. The Hall–Kier alpha value is -1.52. The molecule has 2 aliphatic carbocycles. The first kappa shape index (κ1) is 11.6. The van der Waals surface area contributed by atoms with Gasteiger partial charge < -0.3 is 10.6 Å². The highest BCUT2D eigenvalue weighted by Crippen LogP contribution is 2.42. The molecule has 0 aliphatic heterocycles. The van der Waals surface area contributed by atoms with Crippen molar-refractivity contribution in [3.05, 3.63) is 11.4 Å². The number of aromatic nitrogens is 2. The zero-order chi connectivity index (χ0) is 12.9. The fraction of sp³-hybridized carbons (Fsp3) is 0.692. The van der Waals surface area contributed by atoms with Gasteiger partial charge in [0, 0.05) is 19.5 Å². The molecule has 5 nitrogen and oxygen atoms in total. The standard InChI is InChI=1S/C13H20N4O/c1-7-5-9(7)6-17(2)13(18)12-10(14)11(15-16-12)8-3-4-8/h7-9H,3-6,14H2,1-2H3,(H,15,16). The molecule has 1 amide bonds. The Balaban J connectivity index is 1.71. The number of aromatic amines is 1. The number of carbonyl (C=O) groups excluding carboxylic acids is 1. The lowest BCUT2D eigenvalue weighted by molar-refractivity contribution is 0.0782. The van der Waals surface area contributed by atoms with Gasteiger partial charge in [-0.25, -0.2) is 0 Å². The summed E-state index contributed by atoms with van der Waals surface area (Å²) in [6.45, 7) is 3.03. The molecule has 18 heavy (non-hydrogen) atoms. The van der Waals surface area contributed by atoms with Crippen LogP contribution in [0.2, 0.25) is 0 Å². The molecule has 0 spiro atoms. The van der Waals surface area contributed by atoms with Gasteiger partial charge in [0.2, 0.25) is 0 Å². The maximum absolute atomic E-state index is 12.3. The van der Waals surface area contributed by atoms with E-state index in [4.69, 9.17) is 5.73 Å². The number of nitrogens with one attached hydrogen (secondary N) is 1. The molecular formula is C13H20N4O. The van der Waals surface area contributed by atoms with Crippen molar-refractivity contribution in [2.75, 3.05) is 19.3 Å². The summed E-state index contributed by atoms with van der Waals surface area (Å²) in [7, 11) is 1.83. The lowest BCUT2D eigenvalue weighted by atomic mass is 10.2. The zero-order valence-corrected chi connectivity index (χ0v) is 10.9. The Labute approximate surface area is 107 Å². The maximum Gasteiger partial charge on any atom is 0.276 e. The molecule has 1 aromatic rings. The van der Waals surface area contributed by atoms with E-state index in [1.165, 1.54) is 6.42 Å². The number of amides is 1. The van der Waals surface area contributed by atoms with E-state index < -0.39 is 0 Å². The largest absolute Gasteiger partial charge is 0.395 e. The van der Waals surface area contributed by atoms with Crippen LogP contribution >= 0.6 is 0 Å². The van der Waals surface area contributed by atoms with Crippen molar-refractivity contribution in [2.45, 2.75) is 32.1 Å². The molecule has 5 heteroatoms. The van der Waals surface area contributed by atoms with E-state index in [1.807, 2.05) is 7.05 Å². The van der Waals surface area contributed by atoms with Crippen molar-refractivity contribution < 1.29 is 4.79 Å². The predicted octanol–water partition coefficient (Wildman–Crippen LogP) is 1.60. The summed E-state index contributed by atoms with van der Waals surface area (Å²) >= 11 is 0. The normalized spacial score (nSPS) is 26.1. The minimum absolute atomic E-state index is 0.0604. The number of H-pyrrole nitrogens is 1. The lowest BCUT2D eigenvalue weighted by Crippen LogP contribution is -2.30. The first-order valence-electron chi connectivity index (χ1n) is 6.67. The predicted molar refractivity (Wildman–Crippen MR) is 69.2 cm³/mol. The van der Waals surface area contributed by atoms with Gasteiger partial charge in [-0.15, -0.1) is 0 Å². The topological polar surface area (TPSA) is 75.0 Å². The number of carbonyl (C=O) groups is 1. The molecular weight excluding hydrogens is 228 g/mol. The number of hydrogen-bond donors (Lipinski definition) is 2. The minimum atomic E-state index is -0.0604. The summed E-state index contributed by atoms with van der Waals surface area (Å²) in [5, 5.41) is 7.03. The molecule has 0 radical (unpaired) electrons. The molecule has 2 aliphatic rings. The van der Waals surface area contributed by atoms with Crippen molar-refractivity contribution in [2.24, 2.45) is 11.8 Å². The molecule has 2 saturated carbocycles.